The van der Waals surface area contributed by atoms with E-state index in [1.54, 1.807) is 0 Å². The summed E-state index contributed by atoms with van der Waals surface area (Å²) in [6.45, 7) is 8.95. The average Bonchev–Trinajstić information content (AvgIpc) is 2.72. The van der Waals surface area contributed by atoms with E-state index in [0.29, 0.717) is 6.54 Å². The number of nitrogens with two attached hydrogens (primary N) is 1. The fraction of sp³-hybridized carbons (Fsp3) is 0.643. The lowest BCUT2D eigenvalue weighted by Gasteiger charge is -2.18. The van der Waals surface area contributed by atoms with Crippen LogP contribution in [0, 0.1) is 25.7 Å². The van der Waals surface area contributed by atoms with Crippen LogP contribution in [-0.4, -0.2) is 33.3 Å². The van der Waals surface area contributed by atoms with Crippen molar-refractivity contribution in [2.45, 2.75) is 40.7 Å². The van der Waals surface area contributed by atoms with E-state index in [1.807, 2.05) is 38.4 Å². The van der Waals surface area contributed by atoms with Crippen LogP contribution in [0.15, 0.2) is 11.2 Å². The van der Waals surface area contributed by atoms with Crippen LogP contribution in [0.1, 0.15) is 31.7 Å². The molecule has 0 aromatic carbocycles. The molecule has 1 aromatic heterocycles. The summed E-state index contributed by atoms with van der Waals surface area (Å²) in [5, 5.41) is 18.9. The molecule has 0 bridgehead atoms. The molecule has 0 aliphatic rings. The maximum Gasteiger partial charge on any atom is 0.231 e. The van der Waals surface area contributed by atoms with E-state index in [1.165, 1.54) is 0 Å². The van der Waals surface area contributed by atoms with Crippen LogP contribution in [0.2, 0.25) is 0 Å². The van der Waals surface area contributed by atoms with Gasteiger partial charge in [-0.3, -0.25) is 9.48 Å². The second-order valence-corrected chi connectivity index (χ2v) is 5.54. The van der Waals surface area contributed by atoms with E-state index in [4.69, 9.17) is 10.9 Å². The molecule has 0 fully saturated rings. The fourth-order valence-electron chi connectivity index (χ4n) is 2.29. The third-order valence-corrected chi connectivity index (χ3v) is 3.33. The number of amides is 1. The highest BCUT2D eigenvalue weighted by atomic mass is 16.4. The first-order valence-corrected chi connectivity index (χ1v) is 7.13. The summed E-state index contributed by atoms with van der Waals surface area (Å²) in [6.07, 6.45) is 0.773. The lowest BCUT2D eigenvalue weighted by Crippen LogP contribution is -2.42. The van der Waals surface area contributed by atoms with Crippen molar-refractivity contribution in [3.8, 4) is 0 Å². The van der Waals surface area contributed by atoms with Gasteiger partial charge < -0.3 is 16.3 Å². The van der Waals surface area contributed by atoms with Gasteiger partial charge in [0.25, 0.3) is 0 Å². The molecule has 0 saturated carbocycles. The summed E-state index contributed by atoms with van der Waals surface area (Å²) >= 11 is 0. The molecule has 1 amide bonds. The largest absolute Gasteiger partial charge is 0.409 e. The molecule has 0 aliphatic heterocycles. The molecule has 1 heterocycles. The van der Waals surface area contributed by atoms with E-state index in [-0.39, 0.29) is 17.7 Å². The van der Waals surface area contributed by atoms with Crippen molar-refractivity contribution in [3.05, 3.63) is 17.5 Å². The summed E-state index contributed by atoms with van der Waals surface area (Å²) in [5.41, 5.74) is 7.66. The Morgan fingerprint density at radius 2 is 2.19 bits per heavy atom. The lowest BCUT2D eigenvalue weighted by molar-refractivity contribution is -0.124. The number of carbonyl (C=O) groups is 1. The van der Waals surface area contributed by atoms with Gasteiger partial charge in [0.1, 0.15) is 5.92 Å². The Morgan fingerprint density at radius 1 is 1.52 bits per heavy atom. The predicted octanol–water partition coefficient (Wildman–Crippen LogP) is 1.02. The van der Waals surface area contributed by atoms with Crippen molar-refractivity contribution in [2.75, 3.05) is 6.54 Å². The first kappa shape index (κ1) is 17.0. The molecular formula is C14H25N5O2. The van der Waals surface area contributed by atoms with Crippen molar-refractivity contribution >= 4 is 11.7 Å². The molecule has 21 heavy (non-hydrogen) atoms. The van der Waals surface area contributed by atoms with Crippen LogP contribution >= 0.6 is 0 Å². The van der Waals surface area contributed by atoms with E-state index in [0.717, 1.165) is 24.4 Å². The zero-order valence-electron chi connectivity index (χ0n) is 13.1. The number of nitrogens with one attached hydrogen (secondary N) is 1. The summed E-state index contributed by atoms with van der Waals surface area (Å²) < 4.78 is 1.92. The van der Waals surface area contributed by atoms with Gasteiger partial charge in [0, 0.05) is 18.8 Å². The van der Waals surface area contributed by atoms with Crippen LogP contribution in [0.4, 0.5) is 0 Å². The van der Waals surface area contributed by atoms with Gasteiger partial charge in [-0.05, 0) is 32.3 Å². The molecule has 1 rings (SSSR count). The van der Waals surface area contributed by atoms with E-state index >= 15 is 0 Å². The minimum atomic E-state index is -0.608. The number of nitrogens with zero attached hydrogens (tertiary/aromatic N) is 3. The summed E-state index contributed by atoms with van der Waals surface area (Å²) in [5.74, 6) is -0.907. The second-order valence-electron chi connectivity index (χ2n) is 5.54. The average molecular weight is 295 g/mol. The Morgan fingerprint density at radius 3 is 2.67 bits per heavy atom. The molecule has 118 valence electrons. The highest BCUT2D eigenvalue weighted by molar-refractivity contribution is 6.02. The number of amidine groups is 1. The molecule has 0 saturated heterocycles. The number of aryl methyl sites for hydroxylation is 3. The number of aromatic nitrogens is 2. The molecule has 1 atom stereocenters. The second kappa shape index (κ2) is 7.66. The molecular weight excluding hydrogens is 270 g/mol. The van der Waals surface area contributed by atoms with Gasteiger partial charge in [0.15, 0.2) is 5.84 Å². The van der Waals surface area contributed by atoms with Crippen LogP contribution in [0.3, 0.4) is 0 Å². The van der Waals surface area contributed by atoms with Gasteiger partial charge in [0.2, 0.25) is 5.91 Å². The van der Waals surface area contributed by atoms with Gasteiger partial charge in [-0.25, -0.2) is 0 Å². The third kappa shape index (κ3) is 4.77. The summed E-state index contributed by atoms with van der Waals surface area (Å²) in [4.78, 5) is 12.1. The Kier molecular flexibility index (Phi) is 6.20. The molecule has 0 spiro atoms. The first-order chi connectivity index (χ1) is 9.86. The van der Waals surface area contributed by atoms with Crippen LogP contribution in [0.5, 0.6) is 0 Å². The topological polar surface area (TPSA) is 106 Å². The normalized spacial score (nSPS) is 13.5. The Balaban J connectivity index is 2.44. The molecule has 0 radical (unpaired) electrons. The summed E-state index contributed by atoms with van der Waals surface area (Å²) in [7, 11) is 0. The number of hydrogen-bond donors (Lipinski definition) is 3. The lowest BCUT2D eigenvalue weighted by atomic mass is 9.94. The first-order valence-electron chi connectivity index (χ1n) is 7.13. The Labute approximate surface area is 125 Å². The number of carbonyl (C=O) groups excluding carboxylic acids is 1. The van der Waals surface area contributed by atoms with E-state index in [9.17, 15) is 4.79 Å². The number of oxime groups is 1. The molecule has 4 N–H and O–H groups in total. The Bertz CT molecular complexity index is 507. The van der Waals surface area contributed by atoms with Gasteiger partial charge in [-0.2, -0.15) is 5.10 Å². The third-order valence-electron chi connectivity index (χ3n) is 3.33. The van der Waals surface area contributed by atoms with Gasteiger partial charge in [0.05, 0.1) is 5.69 Å². The Hall–Kier alpha value is -2.05. The highest BCUT2D eigenvalue weighted by Gasteiger charge is 2.26. The fourth-order valence-corrected chi connectivity index (χ4v) is 2.29. The maximum atomic E-state index is 12.1. The van der Waals surface area contributed by atoms with Crippen molar-refractivity contribution in [1.29, 1.82) is 0 Å². The van der Waals surface area contributed by atoms with Gasteiger partial charge in [-0.15, -0.1) is 0 Å². The van der Waals surface area contributed by atoms with Gasteiger partial charge in [-0.1, -0.05) is 19.0 Å². The van der Waals surface area contributed by atoms with E-state index < -0.39 is 5.92 Å². The summed E-state index contributed by atoms with van der Waals surface area (Å²) in [6, 6.07) is 2.02. The van der Waals surface area contributed by atoms with Crippen molar-refractivity contribution in [2.24, 2.45) is 22.7 Å². The molecule has 0 aliphatic carbocycles. The van der Waals surface area contributed by atoms with Gasteiger partial charge >= 0.3 is 0 Å². The maximum absolute atomic E-state index is 12.1. The predicted molar refractivity (Wildman–Crippen MR) is 81.1 cm³/mol. The molecule has 1 unspecified atom stereocenters. The quantitative estimate of drug-likeness (QED) is 0.230. The minimum Gasteiger partial charge on any atom is -0.409 e. The standard InChI is InChI=1S/C14H25N5O2/c1-9(2)12(13(15)18-21)14(20)16-6-5-7-19-11(4)8-10(3)17-19/h8-9,12,21H,5-7H2,1-4H3,(H2,15,18)(H,16,20). The van der Waals surface area contributed by atoms with Crippen LogP contribution in [0.25, 0.3) is 0 Å². The minimum absolute atomic E-state index is 0.0306. The van der Waals surface area contributed by atoms with E-state index in [2.05, 4.69) is 15.6 Å². The molecule has 7 nitrogen and oxygen atoms in total. The van der Waals surface area contributed by atoms with Crippen molar-refractivity contribution in [3.63, 3.8) is 0 Å². The number of hydrogen-bond acceptors (Lipinski definition) is 4. The SMILES string of the molecule is Cc1cc(C)n(CCCNC(=O)C(/C(N)=N/O)C(C)C)n1. The molecule has 1 aromatic rings. The van der Waals surface area contributed by atoms with Crippen LogP contribution < -0.4 is 11.1 Å². The zero-order chi connectivity index (χ0) is 16.0. The zero-order valence-corrected chi connectivity index (χ0v) is 13.1. The van der Waals surface area contributed by atoms with Crippen molar-refractivity contribution in [1.82, 2.24) is 15.1 Å². The highest BCUT2D eigenvalue weighted by Crippen LogP contribution is 2.11. The molecule has 7 heteroatoms. The van der Waals surface area contributed by atoms with Crippen LogP contribution in [-0.2, 0) is 11.3 Å². The monoisotopic (exact) mass is 295 g/mol. The number of rotatable bonds is 7. The smallest absolute Gasteiger partial charge is 0.231 e. The van der Waals surface area contributed by atoms with Crippen molar-refractivity contribution < 1.29 is 10.0 Å².